The average molecular weight is 566 g/mol. The number of nitrogens with zero attached hydrogens (tertiary/aromatic N) is 3. The predicted molar refractivity (Wildman–Crippen MR) is 154 cm³/mol. The second-order valence-corrected chi connectivity index (χ2v) is 12.9. The van der Waals surface area contributed by atoms with Crippen molar-refractivity contribution in [1.29, 1.82) is 0 Å². The zero-order valence-electron chi connectivity index (χ0n) is 24.9. The summed E-state index contributed by atoms with van der Waals surface area (Å²) in [6, 6.07) is 4.97. The number of methoxy groups -OCH3 is 1. The first-order chi connectivity index (χ1) is 19.6. The number of carbonyl (C=O) groups is 3. The molecule has 5 rings (SSSR count). The molecule has 9 heteroatoms. The fourth-order valence-corrected chi connectivity index (χ4v) is 6.42. The van der Waals surface area contributed by atoms with Crippen molar-refractivity contribution in [3.05, 3.63) is 23.9 Å². The van der Waals surface area contributed by atoms with Crippen LogP contribution in [-0.2, 0) is 25.5 Å². The van der Waals surface area contributed by atoms with E-state index in [1.54, 1.807) is 12.0 Å². The number of rotatable bonds is 3. The highest BCUT2D eigenvalue weighted by molar-refractivity contribution is 5.87. The van der Waals surface area contributed by atoms with Crippen molar-refractivity contribution in [2.24, 2.45) is 23.2 Å². The lowest BCUT2D eigenvalue weighted by molar-refractivity contribution is -0.153. The van der Waals surface area contributed by atoms with Crippen LogP contribution < -0.4 is 9.47 Å². The van der Waals surface area contributed by atoms with Crippen LogP contribution in [0, 0.1) is 23.2 Å². The van der Waals surface area contributed by atoms with Gasteiger partial charge in [0.25, 0.3) is 0 Å². The molecule has 2 aliphatic heterocycles. The molecule has 1 aromatic heterocycles. The van der Waals surface area contributed by atoms with E-state index in [0.717, 1.165) is 49.6 Å². The van der Waals surface area contributed by atoms with E-state index in [2.05, 4.69) is 0 Å². The summed E-state index contributed by atoms with van der Waals surface area (Å²) in [7, 11) is 1.61. The Kier molecular flexibility index (Phi) is 8.52. The van der Waals surface area contributed by atoms with Crippen LogP contribution in [0.5, 0.6) is 11.6 Å². The van der Waals surface area contributed by atoms with E-state index in [0.29, 0.717) is 35.9 Å². The van der Waals surface area contributed by atoms with Crippen molar-refractivity contribution in [2.75, 3.05) is 13.7 Å². The number of aldehydes is 1. The molecule has 1 amide bonds. The highest BCUT2D eigenvalue weighted by Gasteiger charge is 2.49. The Morgan fingerprint density at radius 3 is 2.59 bits per heavy atom. The number of aryl methyl sites for hydroxylation is 1. The van der Waals surface area contributed by atoms with Crippen molar-refractivity contribution in [1.82, 2.24) is 14.9 Å². The zero-order valence-corrected chi connectivity index (χ0v) is 24.9. The largest absolute Gasteiger partial charge is 0.497 e. The van der Waals surface area contributed by atoms with Gasteiger partial charge in [-0.15, -0.1) is 0 Å². The molecular formula is C32H43N3O6. The van der Waals surface area contributed by atoms with E-state index in [1.807, 2.05) is 45.9 Å². The molecule has 0 spiro atoms. The Morgan fingerprint density at radius 2 is 1.88 bits per heavy atom. The van der Waals surface area contributed by atoms with Crippen molar-refractivity contribution < 1.29 is 28.6 Å². The molecule has 0 unspecified atom stereocenters. The third-order valence-corrected chi connectivity index (χ3v) is 9.06. The number of benzene rings is 1. The molecule has 0 N–H and O–H groups in total. The molecule has 1 saturated carbocycles. The number of ether oxygens (including phenoxy) is 3. The lowest BCUT2D eigenvalue weighted by Gasteiger charge is -2.34. The number of hydrogen-bond acceptors (Lipinski definition) is 8. The van der Waals surface area contributed by atoms with Crippen LogP contribution in [-0.4, -0.2) is 64.9 Å². The minimum absolute atomic E-state index is 0.00191. The van der Waals surface area contributed by atoms with Gasteiger partial charge in [-0.05, 0) is 55.6 Å². The quantitative estimate of drug-likeness (QED) is 0.381. The van der Waals surface area contributed by atoms with Gasteiger partial charge in [-0.1, -0.05) is 40.5 Å². The molecule has 222 valence electrons. The van der Waals surface area contributed by atoms with Gasteiger partial charge in [0.05, 0.1) is 43.1 Å². The summed E-state index contributed by atoms with van der Waals surface area (Å²) in [6.07, 6.45) is 6.63. The van der Waals surface area contributed by atoms with Crippen LogP contribution in [0.1, 0.15) is 78.3 Å². The van der Waals surface area contributed by atoms with Gasteiger partial charge >= 0.3 is 5.97 Å². The van der Waals surface area contributed by atoms with E-state index < -0.39 is 23.5 Å². The second-order valence-electron chi connectivity index (χ2n) is 12.9. The normalized spacial score (nSPS) is 29.4. The molecule has 6 atom stereocenters. The molecule has 2 bridgehead atoms. The molecule has 41 heavy (non-hydrogen) atoms. The van der Waals surface area contributed by atoms with Crippen LogP contribution >= 0.6 is 0 Å². The van der Waals surface area contributed by atoms with Crippen molar-refractivity contribution in [3.8, 4) is 11.6 Å². The molecule has 0 radical (unpaired) electrons. The van der Waals surface area contributed by atoms with E-state index >= 15 is 0 Å². The number of hydrogen-bond donors (Lipinski definition) is 0. The Balaban J connectivity index is 1.51. The number of carbonyl (C=O) groups excluding carboxylic acids is 3. The van der Waals surface area contributed by atoms with Gasteiger partial charge in [0, 0.05) is 12.0 Å². The summed E-state index contributed by atoms with van der Waals surface area (Å²) in [5.74, 6) is 0.149. The van der Waals surface area contributed by atoms with Gasteiger partial charge in [0.2, 0.25) is 11.8 Å². The summed E-state index contributed by atoms with van der Waals surface area (Å²) >= 11 is 0. The van der Waals surface area contributed by atoms with Gasteiger partial charge in [-0.3, -0.25) is 9.59 Å². The van der Waals surface area contributed by atoms with Gasteiger partial charge in [0.1, 0.15) is 29.9 Å². The molecular weight excluding hydrogens is 522 g/mol. The third kappa shape index (κ3) is 6.33. The smallest absolute Gasteiger partial charge is 0.306 e. The summed E-state index contributed by atoms with van der Waals surface area (Å²) < 4.78 is 17.8. The Labute approximate surface area is 242 Å². The topological polar surface area (TPSA) is 108 Å². The van der Waals surface area contributed by atoms with Gasteiger partial charge in [-0.25, -0.2) is 9.97 Å². The van der Waals surface area contributed by atoms with Crippen LogP contribution in [0.15, 0.2) is 18.2 Å². The number of fused-ring (bicyclic) bond motifs is 5. The summed E-state index contributed by atoms with van der Waals surface area (Å²) in [5.41, 5.74) is 1.73. The first-order valence-electron chi connectivity index (χ1n) is 15.1. The van der Waals surface area contributed by atoms with Crippen molar-refractivity contribution in [3.63, 3.8) is 0 Å². The molecule has 2 fully saturated rings. The van der Waals surface area contributed by atoms with E-state index in [9.17, 15) is 14.4 Å². The highest BCUT2D eigenvalue weighted by Crippen LogP contribution is 2.41. The lowest BCUT2D eigenvalue weighted by Crippen LogP contribution is -2.46. The first-order valence-corrected chi connectivity index (χ1v) is 15.1. The molecule has 3 heterocycles. The second kappa shape index (κ2) is 11.9. The maximum absolute atomic E-state index is 14.1. The minimum atomic E-state index is -0.648. The zero-order chi connectivity index (χ0) is 29.3. The van der Waals surface area contributed by atoms with E-state index in [4.69, 9.17) is 24.2 Å². The van der Waals surface area contributed by atoms with Crippen LogP contribution in [0.25, 0.3) is 11.0 Å². The van der Waals surface area contributed by atoms with Gasteiger partial charge in [-0.2, -0.15) is 0 Å². The van der Waals surface area contributed by atoms with Gasteiger partial charge in [0.15, 0.2) is 0 Å². The third-order valence-electron chi connectivity index (χ3n) is 9.06. The molecule has 1 saturated heterocycles. The van der Waals surface area contributed by atoms with Crippen LogP contribution in [0.3, 0.4) is 0 Å². The summed E-state index contributed by atoms with van der Waals surface area (Å²) in [6.45, 7) is 8.11. The first kappa shape index (κ1) is 29.3. The Morgan fingerprint density at radius 1 is 1.07 bits per heavy atom. The summed E-state index contributed by atoms with van der Waals surface area (Å²) in [5, 5.41) is 0. The van der Waals surface area contributed by atoms with Crippen molar-refractivity contribution >= 4 is 29.2 Å². The average Bonchev–Trinajstić information content (AvgIpc) is 3.57. The number of aromatic nitrogens is 2. The lowest BCUT2D eigenvalue weighted by atomic mass is 9.77. The maximum atomic E-state index is 14.1. The Hall–Kier alpha value is -3.23. The highest BCUT2D eigenvalue weighted by atomic mass is 16.5. The molecule has 2 aromatic rings. The number of amides is 1. The summed E-state index contributed by atoms with van der Waals surface area (Å²) in [4.78, 5) is 50.9. The molecule has 9 nitrogen and oxygen atoms in total. The van der Waals surface area contributed by atoms with Crippen LogP contribution in [0.4, 0.5) is 0 Å². The standard InChI is InChI=1S/C32H43N3O6/c1-6-21-26(18-36)35-17-28(21)41-30-24(33-23-13-12-20(39-5)15-25(23)34-30)11-9-7-8-10-19-14-27(19)40-29(37)16-22(31(35)38)32(2,3)4/h12-13,15,18-19,21-22,26-28H,6-11,14,16-17H2,1-5H3/t19-,21+,22-,26-,27-,28+/m1/s1. The van der Waals surface area contributed by atoms with Crippen molar-refractivity contribution in [2.45, 2.75) is 97.3 Å². The fraction of sp³-hybridized carbons (Fsp3) is 0.656. The van der Waals surface area contributed by atoms with Gasteiger partial charge < -0.3 is 23.9 Å². The van der Waals surface area contributed by atoms with Crippen LogP contribution in [0.2, 0.25) is 0 Å². The SMILES string of the molecule is CC[C@@H]1[C@@H]2CN(C(=O)[C@H](C(C)(C)C)CC(=O)O[C@@H]3C[C@H]3CCCCCc3nc4ccc(OC)cc4nc3O2)[C@@H]1C=O. The molecule has 1 aliphatic carbocycles. The predicted octanol–water partition coefficient (Wildman–Crippen LogP) is 4.92. The Bertz CT molecular complexity index is 1290. The maximum Gasteiger partial charge on any atom is 0.306 e. The number of esters is 1. The van der Waals surface area contributed by atoms with E-state index in [-0.39, 0.29) is 36.9 Å². The molecule has 1 aromatic carbocycles. The monoisotopic (exact) mass is 565 g/mol. The minimum Gasteiger partial charge on any atom is -0.497 e. The fourth-order valence-electron chi connectivity index (χ4n) is 6.42. The molecule has 3 aliphatic rings. The van der Waals surface area contributed by atoms with E-state index in [1.165, 1.54) is 0 Å².